The first-order valence-electron chi connectivity index (χ1n) is 14.0. The van der Waals surface area contributed by atoms with Crippen LogP contribution in [0.15, 0.2) is 83.9 Å². The maximum atomic E-state index is 13.5. The average molecular weight is 600 g/mol. The van der Waals surface area contributed by atoms with Crippen molar-refractivity contribution in [2.24, 2.45) is 0 Å². The van der Waals surface area contributed by atoms with Crippen LogP contribution in [-0.4, -0.2) is 69.9 Å². The van der Waals surface area contributed by atoms with E-state index < -0.39 is 29.5 Å². The summed E-state index contributed by atoms with van der Waals surface area (Å²) >= 11 is 0. The smallest absolute Gasteiger partial charge is 0.280 e. The van der Waals surface area contributed by atoms with Gasteiger partial charge in [0.1, 0.15) is 35.1 Å². The molecule has 1 saturated heterocycles. The van der Waals surface area contributed by atoms with E-state index in [1.165, 1.54) is 6.33 Å². The molecule has 0 amide bonds. The van der Waals surface area contributed by atoms with E-state index in [0.717, 1.165) is 0 Å². The van der Waals surface area contributed by atoms with E-state index >= 15 is 0 Å². The first-order chi connectivity index (χ1) is 21.4. The van der Waals surface area contributed by atoms with Crippen LogP contribution in [0.25, 0.3) is 11.2 Å². The summed E-state index contributed by atoms with van der Waals surface area (Å²) in [5.41, 5.74) is 0.645. The molecule has 12 heteroatoms. The van der Waals surface area contributed by atoms with Gasteiger partial charge in [-0.3, -0.25) is 14.3 Å². The van der Waals surface area contributed by atoms with Gasteiger partial charge in [-0.05, 0) is 18.2 Å². The number of para-hydroxylation sites is 3. The zero-order valence-corrected chi connectivity index (χ0v) is 24.4. The Morgan fingerprint density at radius 3 is 1.93 bits per heavy atom. The number of imidazole rings is 1. The molecule has 44 heavy (non-hydrogen) atoms. The number of aromatic nitrogens is 4. The number of benzene rings is 3. The van der Waals surface area contributed by atoms with Gasteiger partial charge >= 0.3 is 0 Å². The lowest BCUT2D eigenvalue weighted by molar-refractivity contribution is -0.0432. The fourth-order valence-corrected chi connectivity index (χ4v) is 5.92. The number of nitrogens with zero attached hydrogens (tertiary/aromatic N) is 3. The van der Waals surface area contributed by atoms with E-state index in [1.54, 1.807) is 25.9 Å². The third-order valence-corrected chi connectivity index (χ3v) is 7.97. The van der Waals surface area contributed by atoms with E-state index in [9.17, 15) is 15.0 Å². The third-order valence-electron chi connectivity index (χ3n) is 7.97. The van der Waals surface area contributed by atoms with Crippen LogP contribution >= 0.6 is 0 Å². The van der Waals surface area contributed by atoms with Gasteiger partial charge in [-0.1, -0.05) is 54.6 Å². The maximum absolute atomic E-state index is 13.5. The Morgan fingerprint density at radius 1 is 0.932 bits per heavy atom. The highest BCUT2D eigenvalue weighted by atomic mass is 16.5. The number of aliphatic hydroxyl groups is 2. The summed E-state index contributed by atoms with van der Waals surface area (Å²) in [6.07, 6.45) is -0.678. The largest absolute Gasteiger partial charge is 0.496 e. The summed E-state index contributed by atoms with van der Waals surface area (Å²) < 4.78 is 25.1. The van der Waals surface area contributed by atoms with Gasteiger partial charge in [0.2, 0.25) is 5.95 Å². The highest BCUT2D eigenvalue weighted by Crippen LogP contribution is 2.49. The minimum absolute atomic E-state index is 0.0959. The fraction of sp³-hybridized carbons (Fsp3) is 0.281. The summed E-state index contributed by atoms with van der Waals surface area (Å²) in [6.45, 7) is -0.343. The summed E-state index contributed by atoms with van der Waals surface area (Å²) in [7, 11) is 4.78. The molecule has 12 nitrogen and oxygen atoms in total. The quantitative estimate of drug-likeness (QED) is 0.176. The molecule has 4 N–H and O–H groups in total. The molecule has 0 bridgehead atoms. The Hall–Kier alpha value is -4.91. The minimum Gasteiger partial charge on any atom is -0.496 e. The van der Waals surface area contributed by atoms with E-state index in [-0.39, 0.29) is 30.1 Å². The van der Waals surface area contributed by atoms with Crippen molar-refractivity contribution in [3.8, 4) is 17.2 Å². The number of hydrogen-bond acceptors (Lipinski definition) is 10. The van der Waals surface area contributed by atoms with Crippen LogP contribution in [0.1, 0.15) is 29.3 Å². The molecule has 0 spiro atoms. The molecule has 0 radical (unpaired) electrons. The fourth-order valence-electron chi connectivity index (χ4n) is 5.92. The van der Waals surface area contributed by atoms with Crippen LogP contribution in [0.3, 0.4) is 0 Å². The van der Waals surface area contributed by atoms with Crippen molar-refractivity contribution in [2.75, 3.05) is 33.3 Å². The number of fused-ring (bicyclic) bond motifs is 1. The zero-order chi connectivity index (χ0) is 30.8. The molecule has 6 rings (SSSR count). The highest BCUT2D eigenvalue weighted by Gasteiger charge is 2.44. The predicted molar refractivity (Wildman–Crippen MR) is 162 cm³/mol. The summed E-state index contributed by atoms with van der Waals surface area (Å²) in [5.74, 6) is 1.81. The van der Waals surface area contributed by atoms with E-state index in [0.29, 0.717) is 33.9 Å². The molecule has 3 aromatic carbocycles. The predicted octanol–water partition coefficient (Wildman–Crippen LogP) is 3.19. The van der Waals surface area contributed by atoms with Gasteiger partial charge in [-0.2, -0.15) is 4.98 Å². The monoisotopic (exact) mass is 599 g/mol. The summed E-state index contributed by atoms with van der Waals surface area (Å²) in [6, 6.07) is 22.6. The maximum Gasteiger partial charge on any atom is 0.280 e. The second kappa shape index (κ2) is 12.0. The number of hydrogen-bond donors (Lipinski definition) is 4. The Bertz CT molecular complexity index is 1720. The van der Waals surface area contributed by atoms with E-state index in [1.807, 2.05) is 72.8 Å². The first-order valence-corrected chi connectivity index (χ1v) is 14.0. The Balaban J connectivity index is 1.63. The molecule has 3 atom stereocenters. The number of aliphatic hydroxyl groups excluding tert-OH is 2. The summed E-state index contributed by atoms with van der Waals surface area (Å²) in [4.78, 5) is 25.4. The molecule has 228 valence electrons. The zero-order valence-electron chi connectivity index (χ0n) is 24.4. The molecule has 0 saturated carbocycles. The molecule has 2 aromatic heterocycles. The Morgan fingerprint density at radius 2 is 1.45 bits per heavy atom. The molecule has 1 aliphatic rings. The summed E-state index contributed by atoms with van der Waals surface area (Å²) in [5, 5.41) is 23.5. The lowest BCUT2D eigenvalue weighted by atomic mass is 9.75. The number of nitrogens with one attached hydrogen (secondary N) is 2. The molecule has 0 unspecified atom stereocenters. The number of aromatic amines is 1. The Labute approximate surface area is 252 Å². The van der Waals surface area contributed by atoms with Crippen molar-refractivity contribution in [3.05, 3.63) is 106 Å². The van der Waals surface area contributed by atoms with Crippen LogP contribution in [0.5, 0.6) is 17.2 Å². The van der Waals surface area contributed by atoms with Gasteiger partial charge in [-0.15, -0.1) is 0 Å². The third kappa shape index (κ3) is 4.82. The van der Waals surface area contributed by atoms with Gasteiger partial charge < -0.3 is 34.5 Å². The second-order valence-corrected chi connectivity index (χ2v) is 10.3. The minimum atomic E-state index is -1.29. The van der Waals surface area contributed by atoms with Crippen LogP contribution in [-0.2, 0) is 10.3 Å². The number of H-pyrrole nitrogens is 1. The SMILES string of the molecule is COc1ccccc1C(Nc1nc2c(ncn2[C@H]2C[C@H](O)[C@@H](CO)O2)c(=O)[nH]1)(c1ccccc1OC)c1ccccc1OC. The lowest BCUT2D eigenvalue weighted by Crippen LogP contribution is -2.40. The van der Waals surface area contributed by atoms with Crippen LogP contribution in [0.2, 0.25) is 0 Å². The first kappa shape index (κ1) is 29.2. The second-order valence-electron chi connectivity index (χ2n) is 10.3. The average Bonchev–Trinajstić information content (AvgIpc) is 3.66. The van der Waals surface area contributed by atoms with Gasteiger partial charge in [-0.25, -0.2) is 4.98 Å². The number of ether oxygens (including phenoxy) is 4. The van der Waals surface area contributed by atoms with Gasteiger partial charge in [0.05, 0.1) is 40.4 Å². The van der Waals surface area contributed by atoms with Crippen LogP contribution < -0.4 is 25.1 Å². The van der Waals surface area contributed by atoms with Crippen LogP contribution in [0.4, 0.5) is 5.95 Å². The molecular weight excluding hydrogens is 566 g/mol. The van der Waals surface area contributed by atoms with Crippen molar-refractivity contribution in [3.63, 3.8) is 0 Å². The number of anilines is 1. The van der Waals surface area contributed by atoms with Crippen molar-refractivity contribution in [2.45, 2.75) is 30.4 Å². The van der Waals surface area contributed by atoms with Crippen molar-refractivity contribution in [1.29, 1.82) is 0 Å². The molecule has 5 aromatic rings. The van der Waals surface area contributed by atoms with Gasteiger partial charge in [0, 0.05) is 23.1 Å². The standard InChI is InChI=1S/C32H33N5O7/c1-41-23-13-7-4-10-19(23)32(20-11-5-8-14-24(20)42-2,21-12-6-9-15-25(21)43-3)36-31-34-29-28(30(40)35-31)33-18-37(29)27-16-22(39)26(17-38)44-27/h4-15,18,22,26-27,38-39H,16-17H2,1-3H3,(H2,34,35,36,40)/t22-,26+,27+/m0/s1. The van der Waals surface area contributed by atoms with E-state index in [2.05, 4.69) is 15.3 Å². The molecular formula is C32H33N5O7. The topological polar surface area (TPSA) is 153 Å². The van der Waals surface area contributed by atoms with Crippen LogP contribution in [0, 0.1) is 0 Å². The molecule has 1 aliphatic heterocycles. The van der Waals surface area contributed by atoms with Crippen molar-refractivity contribution >= 4 is 17.1 Å². The Kier molecular flexibility index (Phi) is 7.95. The van der Waals surface area contributed by atoms with Crippen molar-refractivity contribution < 1.29 is 29.2 Å². The van der Waals surface area contributed by atoms with Gasteiger partial charge in [0.25, 0.3) is 5.56 Å². The lowest BCUT2D eigenvalue weighted by Gasteiger charge is -2.39. The molecule has 3 heterocycles. The highest BCUT2D eigenvalue weighted by molar-refractivity contribution is 5.72. The normalized spacial score (nSPS) is 18.3. The van der Waals surface area contributed by atoms with Gasteiger partial charge in [0.15, 0.2) is 11.2 Å². The van der Waals surface area contributed by atoms with Crippen molar-refractivity contribution in [1.82, 2.24) is 19.5 Å². The molecule has 0 aliphatic carbocycles. The van der Waals surface area contributed by atoms with E-state index in [4.69, 9.17) is 23.9 Å². The number of rotatable bonds is 10. The number of methoxy groups -OCH3 is 3. The molecule has 1 fully saturated rings.